The van der Waals surface area contributed by atoms with E-state index in [-0.39, 0.29) is 12.3 Å². The molecule has 0 spiro atoms. The zero-order valence-corrected chi connectivity index (χ0v) is 17.6. The number of ether oxygens (including phenoxy) is 1. The number of benzene rings is 2. The molecule has 0 N–H and O–H groups in total. The molecule has 146 valence electrons. The number of hydrogen-bond acceptors (Lipinski definition) is 4. The molecule has 0 aliphatic rings. The third-order valence-electron chi connectivity index (χ3n) is 4.35. The van der Waals surface area contributed by atoms with Gasteiger partial charge in [-0.05, 0) is 49.7 Å². The first kappa shape index (κ1) is 20.4. The molecule has 0 bridgehead atoms. The van der Waals surface area contributed by atoms with Gasteiger partial charge >= 0.3 is 0 Å². The highest BCUT2D eigenvalue weighted by atomic mass is 35.5. The van der Waals surface area contributed by atoms with E-state index in [2.05, 4.69) is 4.98 Å². The van der Waals surface area contributed by atoms with Crippen molar-refractivity contribution in [3.05, 3.63) is 70.2 Å². The maximum Gasteiger partial charge on any atom is 0.228 e. The Balaban J connectivity index is 1.66. The summed E-state index contributed by atoms with van der Waals surface area (Å²) in [7, 11) is 0. The van der Waals surface area contributed by atoms with E-state index in [9.17, 15) is 4.79 Å². The van der Waals surface area contributed by atoms with Crippen LogP contribution in [0.1, 0.15) is 25.1 Å². The van der Waals surface area contributed by atoms with E-state index >= 15 is 0 Å². The fourth-order valence-electron chi connectivity index (χ4n) is 2.86. The quantitative estimate of drug-likeness (QED) is 0.492. The minimum atomic E-state index is 0.0472. The number of carbonyl (C=O) groups excluding carboxylic acids is 1. The number of carbonyl (C=O) groups is 1. The second-order valence-electron chi connectivity index (χ2n) is 6.28. The number of nitrogens with zero attached hydrogens (tertiary/aromatic N) is 2. The van der Waals surface area contributed by atoms with Crippen LogP contribution >= 0.6 is 22.9 Å². The van der Waals surface area contributed by atoms with Crippen molar-refractivity contribution in [3.63, 3.8) is 0 Å². The smallest absolute Gasteiger partial charge is 0.228 e. The minimum absolute atomic E-state index is 0.0472. The largest absolute Gasteiger partial charge is 0.494 e. The van der Waals surface area contributed by atoms with Gasteiger partial charge in [-0.2, -0.15) is 0 Å². The van der Waals surface area contributed by atoms with E-state index in [4.69, 9.17) is 16.3 Å². The number of thiazole rings is 1. The molecule has 2 aromatic carbocycles. The second kappa shape index (κ2) is 9.71. The van der Waals surface area contributed by atoms with Crippen molar-refractivity contribution >= 4 is 28.8 Å². The van der Waals surface area contributed by atoms with Gasteiger partial charge in [0.1, 0.15) is 10.8 Å². The van der Waals surface area contributed by atoms with E-state index in [1.165, 1.54) is 0 Å². The van der Waals surface area contributed by atoms with Gasteiger partial charge in [-0.15, -0.1) is 11.3 Å². The number of rotatable bonds is 8. The lowest BCUT2D eigenvalue weighted by Crippen LogP contribution is -2.31. The van der Waals surface area contributed by atoms with Crippen molar-refractivity contribution in [1.29, 1.82) is 0 Å². The van der Waals surface area contributed by atoms with E-state index in [1.807, 2.05) is 67.8 Å². The summed E-state index contributed by atoms with van der Waals surface area (Å²) in [5, 5.41) is 3.53. The van der Waals surface area contributed by atoms with E-state index < -0.39 is 0 Å². The number of aromatic nitrogens is 1. The lowest BCUT2D eigenvalue weighted by molar-refractivity contribution is -0.130. The van der Waals surface area contributed by atoms with Crippen LogP contribution in [-0.4, -0.2) is 28.9 Å². The van der Waals surface area contributed by atoms with Gasteiger partial charge in [-0.3, -0.25) is 4.79 Å². The van der Waals surface area contributed by atoms with Gasteiger partial charge in [-0.1, -0.05) is 29.8 Å². The van der Waals surface area contributed by atoms with Crippen LogP contribution in [0.25, 0.3) is 10.6 Å². The zero-order chi connectivity index (χ0) is 19.9. The summed E-state index contributed by atoms with van der Waals surface area (Å²) < 4.78 is 5.47. The van der Waals surface area contributed by atoms with Crippen LogP contribution in [0.4, 0.5) is 0 Å². The van der Waals surface area contributed by atoms with Crippen molar-refractivity contribution in [1.82, 2.24) is 9.88 Å². The molecule has 0 saturated carbocycles. The molecule has 28 heavy (non-hydrogen) atoms. The molecule has 1 amide bonds. The van der Waals surface area contributed by atoms with Crippen LogP contribution in [-0.2, 0) is 17.8 Å². The molecule has 0 saturated heterocycles. The van der Waals surface area contributed by atoms with Gasteiger partial charge in [0, 0.05) is 29.1 Å². The summed E-state index contributed by atoms with van der Waals surface area (Å²) in [6, 6.07) is 15.5. The van der Waals surface area contributed by atoms with Crippen molar-refractivity contribution in [2.24, 2.45) is 0 Å². The third kappa shape index (κ3) is 5.12. The molecule has 0 aliphatic carbocycles. The summed E-state index contributed by atoms with van der Waals surface area (Å²) in [6.07, 6.45) is 0.284. The number of amides is 1. The van der Waals surface area contributed by atoms with Crippen molar-refractivity contribution < 1.29 is 9.53 Å². The summed E-state index contributed by atoms with van der Waals surface area (Å²) in [6.45, 7) is 5.71. The third-order valence-corrected chi connectivity index (χ3v) is 5.66. The zero-order valence-electron chi connectivity index (χ0n) is 16.0. The highest BCUT2D eigenvalue weighted by molar-refractivity contribution is 7.13. The summed E-state index contributed by atoms with van der Waals surface area (Å²) in [5.41, 5.74) is 2.76. The average molecular weight is 415 g/mol. The van der Waals surface area contributed by atoms with Crippen molar-refractivity contribution in [2.75, 3.05) is 13.2 Å². The molecule has 0 unspecified atom stereocenters. The average Bonchev–Trinajstić information content (AvgIpc) is 3.16. The Morgan fingerprint density at radius 3 is 2.57 bits per heavy atom. The van der Waals surface area contributed by atoms with Crippen molar-refractivity contribution in [2.45, 2.75) is 26.8 Å². The van der Waals surface area contributed by atoms with Crippen LogP contribution in [0, 0.1) is 0 Å². The fraction of sp³-hybridized carbons (Fsp3) is 0.273. The normalized spacial score (nSPS) is 10.7. The maximum absolute atomic E-state index is 12.8. The topological polar surface area (TPSA) is 42.4 Å². The van der Waals surface area contributed by atoms with Crippen molar-refractivity contribution in [3.8, 4) is 16.3 Å². The molecule has 0 aliphatic heterocycles. The van der Waals surface area contributed by atoms with E-state index in [1.54, 1.807) is 16.2 Å². The molecular weight excluding hydrogens is 392 g/mol. The lowest BCUT2D eigenvalue weighted by Gasteiger charge is -2.21. The Morgan fingerprint density at radius 2 is 1.89 bits per heavy atom. The summed E-state index contributed by atoms with van der Waals surface area (Å²) in [5.74, 6) is 0.891. The molecule has 0 radical (unpaired) electrons. The predicted octanol–water partition coefficient (Wildman–Crippen LogP) is 5.45. The standard InChI is InChI=1S/C22H23ClN2O2S/c1-3-25(14-17-7-5-6-8-20(17)23)21(26)13-18-15-28-22(24-18)16-9-11-19(12-10-16)27-4-2/h5-12,15H,3-4,13-14H2,1-2H3. The van der Waals surface area contributed by atoms with Crippen LogP contribution in [0.5, 0.6) is 5.75 Å². The lowest BCUT2D eigenvalue weighted by atomic mass is 10.2. The Bertz CT molecular complexity index is 924. The van der Waals surface area contributed by atoms with E-state index in [0.717, 1.165) is 27.6 Å². The Kier molecular flexibility index (Phi) is 7.06. The minimum Gasteiger partial charge on any atom is -0.494 e. The van der Waals surface area contributed by atoms with Gasteiger partial charge in [0.25, 0.3) is 0 Å². The van der Waals surface area contributed by atoms with Crippen LogP contribution < -0.4 is 4.74 Å². The molecule has 4 nitrogen and oxygen atoms in total. The highest BCUT2D eigenvalue weighted by Crippen LogP contribution is 2.26. The predicted molar refractivity (Wildman–Crippen MR) is 115 cm³/mol. The van der Waals surface area contributed by atoms with Gasteiger partial charge in [-0.25, -0.2) is 4.98 Å². The second-order valence-corrected chi connectivity index (χ2v) is 7.54. The van der Waals surface area contributed by atoms with Gasteiger partial charge < -0.3 is 9.64 Å². The van der Waals surface area contributed by atoms with E-state index in [0.29, 0.717) is 24.7 Å². The first-order chi connectivity index (χ1) is 13.6. The van der Waals surface area contributed by atoms with Gasteiger partial charge in [0.2, 0.25) is 5.91 Å². The van der Waals surface area contributed by atoms with Gasteiger partial charge in [0.15, 0.2) is 0 Å². The molecule has 0 atom stereocenters. The number of likely N-dealkylation sites (N-methyl/N-ethyl adjacent to an activating group) is 1. The molecule has 1 aromatic heterocycles. The SMILES string of the molecule is CCOc1ccc(-c2nc(CC(=O)N(CC)Cc3ccccc3Cl)cs2)cc1. The fourth-order valence-corrected chi connectivity index (χ4v) is 3.88. The number of hydrogen-bond donors (Lipinski definition) is 0. The van der Waals surface area contributed by atoms with Gasteiger partial charge in [0.05, 0.1) is 18.7 Å². The van der Waals surface area contributed by atoms with Crippen LogP contribution in [0.2, 0.25) is 5.02 Å². The highest BCUT2D eigenvalue weighted by Gasteiger charge is 2.16. The Morgan fingerprint density at radius 1 is 1.14 bits per heavy atom. The molecule has 6 heteroatoms. The summed E-state index contributed by atoms with van der Waals surface area (Å²) >= 11 is 7.78. The first-order valence-electron chi connectivity index (χ1n) is 9.29. The molecule has 3 rings (SSSR count). The number of halogens is 1. The first-order valence-corrected chi connectivity index (χ1v) is 10.5. The maximum atomic E-state index is 12.8. The molecule has 3 aromatic rings. The molecule has 1 heterocycles. The Labute approximate surface area is 174 Å². The van der Waals surface area contributed by atoms with Crippen LogP contribution in [0.3, 0.4) is 0 Å². The Hall–Kier alpha value is -2.37. The monoisotopic (exact) mass is 414 g/mol. The summed E-state index contributed by atoms with van der Waals surface area (Å²) in [4.78, 5) is 19.2. The van der Waals surface area contributed by atoms with Crippen LogP contribution in [0.15, 0.2) is 53.9 Å². The molecular formula is C22H23ClN2O2S. The molecule has 0 fully saturated rings.